The molecule has 0 aliphatic carbocycles. The first-order chi connectivity index (χ1) is 9.66. The summed E-state index contributed by atoms with van der Waals surface area (Å²) in [5.41, 5.74) is 10.1. The molecule has 3 N–H and O–H groups in total. The van der Waals surface area contributed by atoms with Crippen molar-refractivity contribution in [1.82, 2.24) is 5.32 Å². The lowest BCUT2D eigenvalue weighted by atomic mass is 9.93. The fraction of sp³-hybridized carbons (Fsp3) is 0.188. The maximum atomic E-state index is 11.9. The van der Waals surface area contributed by atoms with E-state index in [1.165, 1.54) is 0 Å². The van der Waals surface area contributed by atoms with Crippen LogP contribution in [0.3, 0.4) is 0 Å². The molecule has 1 unspecified atom stereocenters. The number of nitrogens with two attached hydrogens (primary N) is 1. The van der Waals surface area contributed by atoms with E-state index in [0.717, 1.165) is 33.1 Å². The Morgan fingerprint density at radius 1 is 1.20 bits per heavy atom. The Labute approximate surface area is 126 Å². The Morgan fingerprint density at radius 3 is 2.80 bits per heavy atom. The van der Waals surface area contributed by atoms with Gasteiger partial charge in [0.05, 0.1) is 6.04 Å². The zero-order chi connectivity index (χ0) is 14.1. The molecule has 0 aromatic heterocycles. The van der Waals surface area contributed by atoms with Gasteiger partial charge in [-0.15, -0.1) is 0 Å². The minimum atomic E-state index is -0.245. The van der Waals surface area contributed by atoms with Gasteiger partial charge in [0, 0.05) is 16.6 Å². The van der Waals surface area contributed by atoms with Gasteiger partial charge in [-0.2, -0.15) is 0 Å². The average Bonchev–Trinajstić information content (AvgIpc) is 2.47. The predicted molar refractivity (Wildman–Crippen MR) is 82.7 cm³/mol. The zero-order valence-electron chi connectivity index (χ0n) is 10.9. The van der Waals surface area contributed by atoms with Crippen molar-refractivity contribution in [2.75, 3.05) is 6.54 Å². The summed E-state index contributed by atoms with van der Waals surface area (Å²) >= 11 is 3.52. The molecule has 0 bridgehead atoms. The van der Waals surface area contributed by atoms with Gasteiger partial charge in [-0.3, -0.25) is 4.79 Å². The molecule has 20 heavy (non-hydrogen) atoms. The highest BCUT2D eigenvalue weighted by Crippen LogP contribution is 2.28. The van der Waals surface area contributed by atoms with Gasteiger partial charge in [0.15, 0.2) is 0 Å². The molecule has 0 fully saturated rings. The van der Waals surface area contributed by atoms with Gasteiger partial charge in [0.1, 0.15) is 0 Å². The molecule has 0 saturated heterocycles. The quantitative estimate of drug-likeness (QED) is 0.889. The van der Waals surface area contributed by atoms with Gasteiger partial charge in [-0.25, -0.2) is 0 Å². The van der Waals surface area contributed by atoms with E-state index < -0.39 is 0 Å². The molecular weight excluding hydrogens is 316 g/mol. The van der Waals surface area contributed by atoms with Gasteiger partial charge < -0.3 is 11.1 Å². The second-order valence-electron chi connectivity index (χ2n) is 4.92. The van der Waals surface area contributed by atoms with Gasteiger partial charge in [-0.05, 0) is 35.2 Å². The van der Waals surface area contributed by atoms with Gasteiger partial charge in [0.2, 0.25) is 0 Å². The molecule has 1 heterocycles. The van der Waals surface area contributed by atoms with Crippen molar-refractivity contribution < 1.29 is 4.79 Å². The summed E-state index contributed by atoms with van der Waals surface area (Å²) in [5, 5.41) is 2.87. The highest BCUT2D eigenvalue weighted by Gasteiger charge is 2.19. The van der Waals surface area contributed by atoms with E-state index in [2.05, 4.69) is 21.2 Å². The Bertz CT molecular complexity index is 669. The fourth-order valence-electron chi connectivity index (χ4n) is 2.53. The lowest BCUT2D eigenvalue weighted by Gasteiger charge is -2.20. The smallest absolute Gasteiger partial charge is 0.251 e. The molecule has 0 radical (unpaired) electrons. The first kappa shape index (κ1) is 13.3. The van der Waals surface area contributed by atoms with Crippen LogP contribution in [0, 0.1) is 0 Å². The normalized spacial score (nSPS) is 15.4. The minimum Gasteiger partial charge on any atom is -0.352 e. The molecule has 0 saturated carbocycles. The molecule has 3 rings (SSSR count). The third-order valence-electron chi connectivity index (χ3n) is 3.66. The molecule has 2 aromatic carbocycles. The van der Waals surface area contributed by atoms with Crippen LogP contribution in [-0.2, 0) is 6.42 Å². The maximum absolute atomic E-state index is 11.9. The molecule has 1 atom stereocenters. The van der Waals surface area contributed by atoms with Crippen molar-refractivity contribution in [3.8, 4) is 0 Å². The van der Waals surface area contributed by atoms with Crippen LogP contribution in [0.2, 0.25) is 0 Å². The molecule has 1 aliphatic heterocycles. The van der Waals surface area contributed by atoms with Crippen LogP contribution in [0.4, 0.5) is 0 Å². The molecule has 1 amide bonds. The van der Waals surface area contributed by atoms with E-state index >= 15 is 0 Å². The minimum absolute atomic E-state index is 0.00701. The highest BCUT2D eigenvalue weighted by atomic mass is 79.9. The molecular formula is C16H15BrN2O. The van der Waals surface area contributed by atoms with Gasteiger partial charge >= 0.3 is 0 Å². The van der Waals surface area contributed by atoms with Crippen LogP contribution in [0.15, 0.2) is 46.9 Å². The number of amides is 1. The van der Waals surface area contributed by atoms with E-state index in [9.17, 15) is 4.79 Å². The van der Waals surface area contributed by atoms with Crippen molar-refractivity contribution in [1.29, 1.82) is 0 Å². The van der Waals surface area contributed by atoms with Crippen LogP contribution in [-0.4, -0.2) is 12.5 Å². The van der Waals surface area contributed by atoms with Crippen LogP contribution >= 0.6 is 15.9 Å². The highest BCUT2D eigenvalue weighted by molar-refractivity contribution is 9.10. The van der Waals surface area contributed by atoms with Gasteiger partial charge in [-0.1, -0.05) is 46.3 Å². The number of halogens is 1. The number of nitrogens with one attached hydrogen (secondary N) is 1. The summed E-state index contributed by atoms with van der Waals surface area (Å²) in [7, 11) is 0. The summed E-state index contributed by atoms with van der Waals surface area (Å²) in [6.45, 7) is 0.710. The van der Waals surface area contributed by atoms with Crippen molar-refractivity contribution >= 4 is 21.8 Å². The first-order valence-electron chi connectivity index (χ1n) is 6.58. The molecule has 3 nitrogen and oxygen atoms in total. The number of carbonyl (C=O) groups excluding carboxylic acids is 1. The molecule has 0 spiro atoms. The summed E-state index contributed by atoms with van der Waals surface area (Å²) < 4.78 is 0.981. The van der Waals surface area contributed by atoms with Gasteiger partial charge in [0.25, 0.3) is 5.91 Å². The van der Waals surface area contributed by atoms with E-state index in [-0.39, 0.29) is 11.9 Å². The van der Waals surface area contributed by atoms with Crippen LogP contribution in [0.25, 0.3) is 0 Å². The van der Waals surface area contributed by atoms with Crippen molar-refractivity contribution in [2.45, 2.75) is 12.5 Å². The largest absolute Gasteiger partial charge is 0.352 e. The number of hydrogen-bond acceptors (Lipinski definition) is 2. The zero-order valence-corrected chi connectivity index (χ0v) is 12.5. The summed E-state index contributed by atoms with van der Waals surface area (Å²) in [5.74, 6) is -0.00701. The second kappa shape index (κ2) is 5.38. The first-order valence-corrected chi connectivity index (χ1v) is 7.37. The third-order valence-corrected chi connectivity index (χ3v) is 4.38. The monoisotopic (exact) mass is 330 g/mol. The Morgan fingerprint density at radius 2 is 2.00 bits per heavy atom. The Kier molecular flexibility index (Phi) is 3.59. The van der Waals surface area contributed by atoms with Crippen LogP contribution < -0.4 is 11.1 Å². The van der Waals surface area contributed by atoms with E-state index in [0.29, 0.717) is 6.54 Å². The average molecular weight is 331 g/mol. The standard InChI is InChI=1S/C16H15BrN2O/c17-14-4-2-1-3-12(14)15(18)11-6-5-10-7-8-19-16(20)13(10)9-11/h1-6,9,15H,7-8,18H2,(H,19,20). The summed E-state index contributed by atoms with van der Waals surface area (Å²) in [6, 6.07) is 13.6. The summed E-state index contributed by atoms with van der Waals surface area (Å²) in [6.07, 6.45) is 0.881. The van der Waals surface area contributed by atoms with Crippen LogP contribution in [0.5, 0.6) is 0 Å². The second-order valence-corrected chi connectivity index (χ2v) is 5.78. The van der Waals surface area contributed by atoms with Crippen LogP contribution in [0.1, 0.15) is 33.1 Å². The summed E-state index contributed by atoms with van der Waals surface area (Å²) in [4.78, 5) is 11.9. The lowest BCUT2D eigenvalue weighted by Crippen LogP contribution is -2.32. The SMILES string of the molecule is NC(c1ccc2c(c1)C(=O)NCC2)c1ccccc1Br. The number of carbonyl (C=O) groups is 1. The fourth-order valence-corrected chi connectivity index (χ4v) is 3.06. The maximum Gasteiger partial charge on any atom is 0.251 e. The molecule has 2 aromatic rings. The number of fused-ring (bicyclic) bond motifs is 1. The number of benzene rings is 2. The molecule has 1 aliphatic rings. The lowest BCUT2D eigenvalue weighted by molar-refractivity contribution is 0.0946. The predicted octanol–water partition coefficient (Wildman–Crippen LogP) is 2.78. The molecule has 102 valence electrons. The van der Waals surface area contributed by atoms with Crippen molar-refractivity contribution in [3.63, 3.8) is 0 Å². The van der Waals surface area contributed by atoms with Crippen molar-refractivity contribution in [2.24, 2.45) is 5.73 Å². The Balaban J connectivity index is 2.01. The van der Waals surface area contributed by atoms with E-state index in [1.54, 1.807) is 0 Å². The topological polar surface area (TPSA) is 55.1 Å². The van der Waals surface area contributed by atoms with Crippen molar-refractivity contribution in [3.05, 3.63) is 69.2 Å². The molecule has 4 heteroatoms. The number of hydrogen-bond donors (Lipinski definition) is 2. The van der Waals surface area contributed by atoms with E-state index in [1.807, 2.05) is 42.5 Å². The Hall–Kier alpha value is -1.65. The van der Waals surface area contributed by atoms with E-state index in [4.69, 9.17) is 5.73 Å². The third kappa shape index (κ3) is 2.37. The number of rotatable bonds is 2.